The lowest BCUT2D eigenvalue weighted by molar-refractivity contribution is 0.238. The SMILES string of the molecule is C=CP(=O)(OC(Cl)Cl)OC(Cl)Cl. The van der Waals surface area contributed by atoms with E-state index in [0.29, 0.717) is 0 Å². The van der Waals surface area contributed by atoms with Gasteiger partial charge >= 0.3 is 7.60 Å². The average Bonchev–Trinajstić information content (AvgIpc) is 1.83. The highest BCUT2D eigenvalue weighted by molar-refractivity contribution is 7.57. The van der Waals surface area contributed by atoms with E-state index in [2.05, 4.69) is 15.6 Å². The van der Waals surface area contributed by atoms with Gasteiger partial charge in [-0.05, 0) is 0 Å². The average molecular weight is 274 g/mol. The first-order valence-corrected chi connectivity index (χ1v) is 5.92. The number of rotatable bonds is 5. The van der Waals surface area contributed by atoms with Crippen molar-refractivity contribution in [3.05, 3.63) is 12.4 Å². The first-order valence-electron chi connectivity index (χ1n) is 2.56. The van der Waals surface area contributed by atoms with Crippen LogP contribution < -0.4 is 0 Å². The molecule has 72 valence electrons. The molecule has 0 unspecified atom stereocenters. The fourth-order valence-electron chi connectivity index (χ4n) is 0.333. The Morgan fingerprint density at radius 3 is 1.67 bits per heavy atom. The molecule has 0 aromatic heterocycles. The van der Waals surface area contributed by atoms with Crippen LogP contribution in [0, 0.1) is 0 Å². The van der Waals surface area contributed by atoms with Gasteiger partial charge in [-0.25, -0.2) is 0 Å². The predicted octanol–water partition coefficient (Wildman–Crippen LogP) is 3.88. The van der Waals surface area contributed by atoms with E-state index in [1.165, 1.54) is 0 Å². The van der Waals surface area contributed by atoms with Crippen LogP contribution in [0.25, 0.3) is 0 Å². The molecule has 0 fully saturated rings. The fourth-order valence-corrected chi connectivity index (χ4v) is 2.33. The standard InChI is InChI=1S/C4H5Cl4O3P/c1-2-12(9,10-3(5)6)11-4(7)8/h2-4H,1H2. The zero-order chi connectivity index (χ0) is 9.78. The van der Waals surface area contributed by atoms with Crippen LogP contribution in [-0.4, -0.2) is 10.0 Å². The largest absolute Gasteiger partial charge is 0.358 e. The second-order valence-corrected chi connectivity index (χ2v) is 5.35. The second-order valence-electron chi connectivity index (χ2n) is 1.45. The van der Waals surface area contributed by atoms with E-state index in [9.17, 15) is 4.57 Å². The zero-order valence-corrected chi connectivity index (χ0v) is 9.54. The van der Waals surface area contributed by atoms with Crippen LogP contribution in [0.5, 0.6) is 0 Å². The van der Waals surface area contributed by atoms with Gasteiger partial charge in [-0.1, -0.05) is 53.0 Å². The second kappa shape index (κ2) is 5.71. The van der Waals surface area contributed by atoms with E-state index in [-0.39, 0.29) is 0 Å². The summed E-state index contributed by atoms with van der Waals surface area (Å²) in [5.41, 5.74) is 0. The van der Waals surface area contributed by atoms with Crippen molar-refractivity contribution in [1.29, 1.82) is 0 Å². The maximum absolute atomic E-state index is 11.3. The Bertz CT molecular complexity index is 181. The molecule has 0 radical (unpaired) electrons. The number of alkyl halides is 4. The molecule has 0 atom stereocenters. The summed E-state index contributed by atoms with van der Waals surface area (Å²) in [6, 6.07) is 0. The maximum Gasteiger partial charge on any atom is 0.358 e. The third kappa shape index (κ3) is 5.65. The van der Waals surface area contributed by atoms with Gasteiger partial charge in [0.05, 0.1) is 0 Å². The summed E-state index contributed by atoms with van der Waals surface area (Å²) in [6.07, 6.45) is 0. The summed E-state index contributed by atoms with van der Waals surface area (Å²) in [6.45, 7) is 3.19. The summed E-state index contributed by atoms with van der Waals surface area (Å²) in [4.78, 5) is 0. The molecule has 12 heavy (non-hydrogen) atoms. The maximum atomic E-state index is 11.3. The van der Waals surface area contributed by atoms with Crippen molar-refractivity contribution >= 4 is 54.0 Å². The van der Waals surface area contributed by atoms with E-state index in [1.54, 1.807) is 0 Å². The van der Waals surface area contributed by atoms with Crippen molar-refractivity contribution in [2.45, 2.75) is 10.0 Å². The molecular formula is C4H5Cl4O3P. The minimum atomic E-state index is -3.58. The van der Waals surface area contributed by atoms with Gasteiger partial charge in [-0.2, -0.15) is 0 Å². The normalized spacial score (nSPS) is 12.5. The molecule has 0 rings (SSSR count). The van der Waals surface area contributed by atoms with Crippen LogP contribution >= 0.6 is 54.0 Å². The predicted molar refractivity (Wildman–Crippen MR) is 51.0 cm³/mol. The van der Waals surface area contributed by atoms with Crippen molar-refractivity contribution in [1.82, 2.24) is 0 Å². The monoisotopic (exact) mass is 272 g/mol. The molecule has 0 saturated carbocycles. The van der Waals surface area contributed by atoms with Crippen molar-refractivity contribution < 1.29 is 13.6 Å². The minimum absolute atomic E-state index is 0.905. The van der Waals surface area contributed by atoms with Crippen LogP contribution in [0.15, 0.2) is 12.4 Å². The third-order valence-corrected chi connectivity index (χ3v) is 2.99. The highest BCUT2D eigenvalue weighted by atomic mass is 35.5. The smallest absolute Gasteiger partial charge is 0.271 e. The number of halogens is 4. The van der Waals surface area contributed by atoms with Crippen LogP contribution in [0.2, 0.25) is 0 Å². The Hall–Kier alpha value is 1.05. The van der Waals surface area contributed by atoms with E-state index < -0.39 is 17.6 Å². The molecule has 0 aliphatic carbocycles. The van der Waals surface area contributed by atoms with E-state index in [4.69, 9.17) is 46.4 Å². The first kappa shape index (κ1) is 13.1. The Morgan fingerprint density at radius 1 is 1.17 bits per heavy atom. The fraction of sp³-hybridized carbons (Fsp3) is 0.500. The van der Waals surface area contributed by atoms with Crippen molar-refractivity contribution in [2.24, 2.45) is 0 Å². The number of hydrogen-bond donors (Lipinski definition) is 0. The van der Waals surface area contributed by atoms with Crippen LogP contribution in [0.4, 0.5) is 0 Å². The zero-order valence-electron chi connectivity index (χ0n) is 5.62. The molecule has 0 aromatic carbocycles. The molecule has 0 bridgehead atoms. The Labute approximate surface area is 90.0 Å². The molecule has 0 aromatic rings. The van der Waals surface area contributed by atoms with Gasteiger partial charge in [-0.15, -0.1) is 0 Å². The molecular weight excluding hydrogens is 269 g/mol. The van der Waals surface area contributed by atoms with Gasteiger partial charge in [0.25, 0.3) is 0 Å². The quantitative estimate of drug-likeness (QED) is 0.563. The van der Waals surface area contributed by atoms with Crippen molar-refractivity contribution in [3.63, 3.8) is 0 Å². The Morgan fingerprint density at radius 2 is 1.50 bits per heavy atom. The summed E-state index contributed by atoms with van der Waals surface area (Å²) < 4.78 is 20.3. The Kier molecular flexibility index (Phi) is 6.21. The minimum Gasteiger partial charge on any atom is -0.271 e. The lowest BCUT2D eigenvalue weighted by Gasteiger charge is -2.15. The highest BCUT2D eigenvalue weighted by Crippen LogP contribution is 2.53. The van der Waals surface area contributed by atoms with E-state index in [1.807, 2.05) is 0 Å². The van der Waals surface area contributed by atoms with Gasteiger partial charge < -0.3 is 0 Å². The molecule has 0 amide bonds. The molecule has 3 nitrogen and oxygen atoms in total. The molecule has 0 heterocycles. The van der Waals surface area contributed by atoms with Crippen molar-refractivity contribution in [3.8, 4) is 0 Å². The summed E-state index contributed by atoms with van der Waals surface area (Å²) >= 11 is 20.7. The van der Waals surface area contributed by atoms with Gasteiger partial charge in [0.2, 0.25) is 10.0 Å². The molecule has 0 aliphatic rings. The molecule has 0 spiro atoms. The van der Waals surface area contributed by atoms with Crippen LogP contribution in [0.3, 0.4) is 0 Å². The van der Waals surface area contributed by atoms with Gasteiger partial charge in [-0.3, -0.25) is 13.6 Å². The molecule has 0 N–H and O–H groups in total. The Balaban J connectivity index is 4.25. The van der Waals surface area contributed by atoms with E-state index in [0.717, 1.165) is 5.82 Å². The first-order chi connectivity index (χ1) is 5.39. The summed E-state index contributed by atoms with van der Waals surface area (Å²) in [5, 5.41) is -2.58. The summed E-state index contributed by atoms with van der Waals surface area (Å²) in [5.74, 6) is 0.905. The van der Waals surface area contributed by atoms with Crippen molar-refractivity contribution in [2.75, 3.05) is 0 Å². The lowest BCUT2D eigenvalue weighted by atomic mass is 11.3. The van der Waals surface area contributed by atoms with E-state index >= 15 is 0 Å². The topological polar surface area (TPSA) is 35.5 Å². The van der Waals surface area contributed by atoms with Gasteiger partial charge in [0.1, 0.15) is 0 Å². The van der Waals surface area contributed by atoms with Crippen LogP contribution in [0.1, 0.15) is 0 Å². The molecule has 8 heteroatoms. The van der Waals surface area contributed by atoms with Gasteiger partial charge in [0, 0.05) is 5.82 Å². The highest BCUT2D eigenvalue weighted by Gasteiger charge is 2.26. The van der Waals surface area contributed by atoms with Crippen LogP contribution in [-0.2, 0) is 13.6 Å². The third-order valence-electron chi connectivity index (χ3n) is 0.677. The number of hydrogen-bond acceptors (Lipinski definition) is 3. The molecule has 0 aliphatic heterocycles. The summed E-state index contributed by atoms with van der Waals surface area (Å²) in [7, 11) is -3.58. The molecule has 0 saturated heterocycles. The lowest BCUT2D eigenvalue weighted by Crippen LogP contribution is -1.99. The van der Waals surface area contributed by atoms with Gasteiger partial charge in [0.15, 0.2) is 0 Å².